The second-order valence-corrected chi connectivity index (χ2v) is 8.37. The molecule has 0 saturated carbocycles. The minimum atomic E-state index is -3.86. The van der Waals surface area contributed by atoms with Crippen molar-refractivity contribution in [3.63, 3.8) is 0 Å². The number of sulfonamides is 1. The number of halogens is 3. The van der Waals surface area contributed by atoms with Crippen molar-refractivity contribution in [3.05, 3.63) is 58.6 Å². The van der Waals surface area contributed by atoms with E-state index in [1.807, 2.05) is 0 Å². The number of nitrogens with one attached hydrogen (secondary N) is 1. The standard InChI is InChI=1S/C18H19BrF2N2O4S/c1-27-10-9-23(12-17(20)21)18(24)13-3-2-4-15(11-13)22-28(25,26)16-7-5-14(19)6-8-16/h2-8,11,17,22H,9-10,12H2,1H3. The van der Waals surface area contributed by atoms with Crippen molar-refractivity contribution in [2.24, 2.45) is 0 Å². The minimum absolute atomic E-state index is 0.00544. The Morgan fingerprint density at radius 3 is 2.50 bits per heavy atom. The molecule has 0 heterocycles. The SMILES string of the molecule is COCCN(CC(F)F)C(=O)c1cccc(NS(=O)(=O)c2ccc(Br)cc2)c1. The van der Waals surface area contributed by atoms with Crippen LogP contribution in [-0.2, 0) is 14.8 Å². The third-order valence-corrected chi connectivity index (χ3v) is 5.62. The number of methoxy groups -OCH3 is 1. The molecule has 0 radical (unpaired) electrons. The average molecular weight is 477 g/mol. The van der Waals surface area contributed by atoms with E-state index in [0.29, 0.717) is 0 Å². The molecule has 0 saturated heterocycles. The van der Waals surface area contributed by atoms with Crippen molar-refractivity contribution in [1.82, 2.24) is 4.90 Å². The molecular weight excluding hydrogens is 458 g/mol. The Hall–Kier alpha value is -2.04. The van der Waals surface area contributed by atoms with E-state index in [-0.39, 0.29) is 29.3 Å². The Bertz CT molecular complexity index is 908. The Labute approximate surface area is 170 Å². The van der Waals surface area contributed by atoms with Gasteiger partial charge >= 0.3 is 0 Å². The number of amides is 1. The highest BCUT2D eigenvalue weighted by molar-refractivity contribution is 9.10. The van der Waals surface area contributed by atoms with E-state index in [4.69, 9.17) is 4.74 Å². The van der Waals surface area contributed by atoms with E-state index in [9.17, 15) is 22.0 Å². The Kier molecular flexibility index (Phi) is 7.90. The maximum atomic E-state index is 12.8. The molecule has 1 amide bonds. The van der Waals surface area contributed by atoms with Crippen LogP contribution >= 0.6 is 15.9 Å². The molecule has 0 aromatic heterocycles. The molecule has 0 atom stereocenters. The van der Waals surface area contributed by atoms with Crippen molar-refractivity contribution < 1.29 is 26.7 Å². The van der Waals surface area contributed by atoms with E-state index in [1.54, 1.807) is 12.1 Å². The van der Waals surface area contributed by atoms with E-state index in [0.717, 1.165) is 9.37 Å². The summed E-state index contributed by atoms with van der Waals surface area (Å²) in [6.07, 6.45) is -2.69. The van der Waals surface area contributed by atoms with Crippen LogP contribution in [0.25, 0.3) is 0 Å². The molecule has 1 N–H and O–H groups in total. The number of benzene rings is 2. The van der Waals surface area contributed by atoms with Crippen molar-refractivity contribution in [2.45, 2.75) is 11.3 Å². The molecule has 0 aliphatic rings. The number of ether oxygens (including phenoxy) is 1. The van der Waals surface area contributed by atoms with Gasteiger partial charge in [-0.2, -0.15) is 0 Å². The lowest BCUT2D eigenvalue weighted by atomic mass is 10.2. The first kappa shape index (κ1) is 22.3. The fourth-order valence-electron chi connectivity index (χ4n) is 2.37. The van der Waals surface area contributed by atoms with Crippen LogP contribution in [0.3, 0.4) is 0 Å². The summed E-state index contributed by atoms with van der Waals surface area (Å²) in [5.74, 6) is -0.637. The van der Waals surface area contributed by atoms with Crippen molar-refractivity contribution >= 4 is 37.5 Å². The maximum Gasteiger partial charge on any atom is 0.261 e. The van der Waals surface area contributed by atoms with E-state index in [2.05, 4.69) is 20.7 Å². The van der Waals surface area contributed by atoms with Gasteiger partial charge in [-0.25, -0.2) is 17.2 Å². The molecule has 6 nitrogen and oxygen atoms in total. The van der Waals surface area contributed by atoms with Gasteiger partial charge in [0.15, 0.2) is 0 Å². The number of hydrogen-bond donors (Lipinski definition) is 1. The van der Waals surface area contributed by atoms with Crippen molar-refractivity contribution in [3.8, 4) is 0 Å². The topological polar surface area (TPSA) is 75.7 Å². The number of hydrogen-bond acceptors (Lipinski definition) is 4. The first-order valence-corrected chi connectivity index (χ1v) is 10.5. The number of anilines is 1. The van der Waals surface area contributed by atoms with Crippen LogP contribution < -0.4 is 4.72 Å². The fourth-order valence-corrected chi connectivity index (χ4v) is 3.68. The zero-order valence-corrected chi connectivity index (χ0v) is 17.3. The van der Waals surface area contributed by atoms with Crippen molar-refractivity contribution in [1.29, 1.82) is 0 Å². The van der Waals surface area contributed by atoms with Gasteiger partial charge in [-0.1, -0.05) is 22.0 Å². The zero-order valence-electron chi connectivity index (χ0n) is 14.9. The molecule has 2 aromatic rings. The lowest BCUT2D eigenvalue weighted by Crippen LogP contribution is -2.37. The first-order valence-electron chi connectivity index (χ1n) is 8.18. The second-order valence-electron chi connectivity index (χ2n) is 5.78. The van der Waals surface area contributed by atoms with E-state index >= 15 is 0 Å². The highest BCUT2D eigenvalue weighted by Gasteiger charge is 2.21. The van der Waals surface area contributed by atoms with Crippen LogP contribution in [0.4, 0.5) is 14.5 Å². The van der Waals surface area contributed by atoms with Gasteiger partial charge in [-0.3, -0.25) is 9.52 Å². The summed E-state index contributed by atoms with van der Waals surface area (Å²) in [6, 6.07) is 11.7. The predicted octanol–water partition coefficient (Wildman–Crippen LogP) is 3.60. The molecule has 0 spiro atoms. The number of rotatable bonds is 9. The normalized spacial score (nSPS) is 11.5. The van der Waals surface area contributed by atoms with E-state index in [1.165, 1.54) is 43.5 Å². The molecule has 0 aliphatic carbocycles. The number of nitrogens with zero attached hydrogens (tertiary/aromatic N) is 1. The van der Waals surface area contributed by atoms with Gasteiger partial charge in [0.25, 0.3) is 22.4 Å². The Morgan fingerprint density at radius 1 is 1.21 bits per heavy atom. The molecule has 0 unspecified atom stereocenters. The number of carbonyl (C=O) groups is 1. The molecular formula is C18H19BrF2N2O4S. The van der Waals surface area contributed by atoms with Gasteiger partial charge in [0.1, 0.15) is 0 Å². The Morgan fingerprint density at radius 2 is 1.89 bits per heavy atom. The summed E-state index contributed by atoms with van der Waals surface area (Å²) < 4.78 is 58.5. The predicted molar refractivity (Wildman–Crippen MR) is 105 cm³/mol. The van der Waals surface area contributed by atoms with Crippen LogP contribution in [0.15, 0.2) is 57.9 Å². The highest BCUT2D eigenvalue weighted by Crippen LogP contribution is 2.20. The minimum Gasteiger partial charge on any atom is -0.383 e. The smallest absolute Gasteiger partial charge is 0.261 e. The summed E-state index contributed by atoms with van der Waals surface area (Å²) in [7, 11) is -2.46. The quantitative estimate of drug-likeness (QED) is 0.599. The monoisotopic (exact) mass is 476 g/mol. The lowest BCUT2D eigenvalue weighted by molar-refractivity contribution is 0.0478. The molecule has 0 aliphatic heterocycles. The van der Waals surface area contributed by atoms with Crippen LogP contribution in [0, 0.1) is 0 Å². The number of alkyl halides is 2. The molecule has 2 aromatic carbocycles. The van der Waals surface area contributed by atoms with Crippen LogP contribution in [-0.4, -0.2) is 52.5 Å². The molecule has 152 valence electrons. The molecule has 2 rings (SSSR count). The van der Waals surface area contributed by atoms with Gasteiger partial charge in [-0.05, 0) is 42.5 Å². The van der Waals surface area contributed by atoms with Gasteiger partial charge in [0, 0.05) is 29.4 Å². The van der Waals surface area contributed by atoms with Crippen LogP contribution in [0.2, 0.25) is 0 Å². The van der Waals surface area contributed by atoms with Gasteiger partial charge in [0.2, 0.25) is 0 Å². The summed E-state index contributed by atoms with van der Waals surface area (Å²) >= 11 is 3.23. The highest BCUT2D eigenvalue weighted by atomic mass is 79.9. The Balaban J connectivity index is 2.22. The zero-order chi connectivity index (χ0) is 20.7. The fraction of sp³-hybridized carbons (Fsp3) is 0.278. The van der Waals surface area contributed by atoms with Gasteiger partial charge in [-0.15, -0.1) is 0 Å². The summed E-state index contributed by atoms with van der Waals surface area (Å²) in [5.41, 5.74) is 0.241. The molecule has 0 fully saturated rings. The van der Waals surface area contributed by atoms with Gasteiger partial charge < -0.3 is 9.64 Å². The van der Waals surface area contributed by atoms with E-state index < -0.39 is 28.9 Å². The lowest BCUT2D eigenvalue weighted by Gasteiger charge is -2.22. The summed E-state index contributed by atoms with van der Waals surface area (Å²) in [4.78, 5) is 13.6. The first-order chi connectivity index (χ1) is 13.2. The van der Waals surface area contributed by atoms with Crippen LogP contribution in [0.1, 0.15) is 10.4 Å². The molecule has 0 bridgehead atoms. The third kappa shape index (κ3) is 6.25. The van der Waals surface area contributed by atoms with Crippen molar-refractivity contribution in [2.75, 3.05) is 31.5 Å². The van der Waals surface area contributed by atoms with Gasteiger partial charge in [0.05, 0.1) is 18.0 Å². The average Bonchev–Trinajstić information content (AvgIpc) is 2.64. The maximum absolute atomic E-state index is 12.8. The van der Waals surface area contributed by atoms with Crippen LogP contribution in [0.5, 0.6) is 0 Å². The molecule has 10 heteroatoms. The summed E-state index contributed by atoms with van der Waals surface area (Å²) in [5, 5.41) is 0. The number of carbonyl (C=O) groups excluding carboxylic acids is 1. The summed E-state index contributed by atoms with van der Waals surface area (Å²) in [6.45, 7) is -0.639. The molecule has 28 heavy (non-hydrogen) atoms. The second kappa shape index (κ2) is 9.94. The largest absolute Gasteiger partial charge is 0.383 e. The third-order valence-electron chi connectivity index (χ3n) is 3.70.